The van der Waals surface area contributed by atoms with Gasteiger partial charge in [-0.2, -0.15) is 5.26 Å². The number of aromatic amines is 1. The van der Waals surface area contributed by atoms with Crippen LogP contribution in [0, 0.1) is 23.2 Å². The lowest BCUT2D eigenvalue weighted by molar-refractivity contribution is -0.125. The first-order valence-corrected chi connectivity index (χ1v) is 11.7. The molecule has 2 aromatic rings. The van der Waals surface area contributed by atoms with Gasteiger partial charge in [0, 0.05) is 22.4 Å². The summed E-state index contributed by atoms with van der Waals surface area (Å²) in [6.45, 7) is 3.87. The van der Waals surface area contributed by atoms with Gasteiger partial charge in [-0.05, 0) is 57.2 Å². The van der Waals surface area contributed by atoms with Gasteiger partial charge in [-0.15, -0.1) is 0 Å². The van der Waals surface area contributed by atoms with Gasteiger partial charge in [0.05, 0.1) is 13.2 Å². The van der Waals surface area contributed by atoms with Crippen molar-refractivity contribution in [3.8, 4) is 11.8 Å². The Bertz CT molecular complexity index is 1140. The minimum Gasteiger partial charge on any atom is -0.496 e. The van der Waals surface area contributed by atoms with Crippen LogP contribution in [0.4, 0.5) is 0 Å². The van der Waals surface area contributed by atoms with Crippen LogP contribution in [0.2, 0.25) is 0 Å². The first-order valence-electron chi connectivity index (χ1n) is 11.7. The van der Waals surface area contributed by atoms with Gasteiger partial charge in [-0.25, -0.2) is 0 Å². The van der Waals surface area contributed by atoms with E-state index in [4.69, 9.17) is 4.74 Å². The molecule has 1 aromatic carbocycles. The molecule has 1 aromatic heterocycles. The second-order valence-corrected chi connectivity index (χ2v) is 10.0. The summed E-state index contributed by atoms with van der Waals surface area (Å²) in [5.74, 6) is -0.214. The van der Waals surface area contributed by atoms with E-state index in [9.17, 15) is 19.6 Å². The number of ether oxygens (including phenoxy) is 1. The first kappa shape index (κ1) is 23.6. The number of carbonyl (C=O) groups is 3. The van der Waals surface area contributed by atoms with Gasteiger partial charge in [-0.3, -0.25) is 14.4 Å². The van der Waals surface area contributed by atoms with Crippen LogP contribution in [0.5, 0.6) is 5.75 Å². The van der Waals surface area contributed by atoms with Crippen molar-refractivity contribution >= 4 is 28.6 Å². The number of benzene rings is 1. The molecule has 1 aliphatic carbocycles. The van der Waals surface area contributed by atoms with Crippen LogP contribution < -0.4 is 20.7 Å². The van der Waals surface area contributed by atoms with E-state index in [1.54, 1.807) is 13.2 Å². The molecule has 2 aliphatic rings. The minimum absolute atomic E-state index is 0.100. The van der Waals surface area contributed by atoms with E-state index in [1.165, 1.54) is 0 Å². The van der Waals surface area contributed by atoms with Crippen LogP contribution in [0.15, 0.2) is 24.3 Å². The van der Waals surface area contributed by atoms with Crippen molar-refractivity contribution in [1.82, 2.24) is 20.9 Å². The molecule has 9 heteroatoms. The fraction of sp³-hybridized carbons (Fsp3) is 0.520. The molecule has 9 nitrogen and oxygen atoms in total. The SMILES string of the molecule is COc1cccc2[nH]c(C(=O)N[C@@H](CC3CC3)C(=O)N[C@H](C#N)CC3CC(C)(C)NC3=O)cc12. The number of nitrogens with zero attached hydrogens (tertiary/aromatic N) is 1. The number of aromatic nitrogens is 1. The molecule has 2 heterocycles. The molecule has 4 N–H and O–H groups in total. The summed E-state index contributed by atoms with van der Waals surface area (Å²) in [7, 11) is 1.57. The average molecular weight is 466 g/mol. The maximum Gasteiger partial charge on any atom is 0.268 e. The van der Waals surface area contributed by atoms with Crippen molar-refractivity contribution in [1.29, 1.82) is 5.26 Å². The summed E-state index contributed by atoms with van der Waals surface area (Å²) < 4.78 is 5.36. The highest BCUT2D eigenvalue weighted by atomic mass is 16.5. The Morgan fingerprint density at radius 2 is 2.03 bits per heavy atom. The molecule has 180 valence electrons. The lowest BCUT2D eigenvalue weighted by Crippen LogP contribution is -2.50. The molecule has 2 fully saturated rings. The predicted molar refractivity (Wildman–Crippen MR) is 126 cm³/mol. The summed E-state index contributed by atoms with van der Waals surface area (Å²) in [5, 5.41) is 18.9. The van der Waals surface area contributed by atoms with Crippen molar-refractivity contribution in [3.05, 3.63) is 30.0 Å². The number of hydrogen-bond donors (Lipinski definition) is 4. The molecule has 34 heavy (non-hydrogen) atoms. The smallest absolute Gasteiger partial charge is 0.268 e. The average Bonchev–Trinajstić information content (AvgIpc) is 3.42. The Hall–Kier alpha value is -3.54. The van der Waals surface area contributed by atoms with Gasteiger partial charge in [0.1, 0.15) is 23.5 Å². The van der Waals surface area contributed by atoms with E-state index in [1.807, 2.05) is 32.0 Å². The first-order chi connectivity index (χ1) is 16.2. The summed E-state index contributed by atoms with van der Waals surface area (Å²) >= 11 is 0. The summed E-state index contributed by atoms with van der Waals surface area (Å²) in [4.78, 5) is 41.4. The second-order valence-electron chi connectivity index (χ2n) is 10.0. The lowest BCUT2D eigenvalue weighted by atomic mass is 9.92. The number of fused-ring (bicyclic) bond motifs is 1. The number of amides is 3. The highest BCUT2D eigenvalue weighted by Gasteiger charge is 2.39. The Kier molecular flexibility index (Phi) is 6.51. The number of carbonyl (C=O) groups excluding carboxylic acids is 3. The molecule has 1 saturated carbocycles. The van der Waals surface area contributed by atoms with E-state index in [0.717, 1.165) is 23.7 Å². The summed E-state index contributed by atoms with van der Waals surface area (Å²) in [6.07, 6.45) is 3.39. The standard InChI is InChI=1S/C25H31N5O4/c1-25(2)12-15(22(31)30-25)10-16(13-26)27-23(32)19(9-14-7-8-14)29-24(33)20-11-17-18(28-20)5-4-6-21(17)34-3/h4-6,11,14-16,19,28H,7-10,12H2,1-3H3,(H,27,32)(H,29,33)(H,30,31)/t15?,16-,19-/m0/s1. The number of rotatable bonds is 9. The molecule has 3 atom stereocenters. The van der Waals surface area contributed by atoms with Crippen LogP contribution in [-0.4, -0.2) is 47.4 Å². The Morgan fingerprint density at radius 3 is 2.65 bits per heavy atom. The largest absolute Gasteiger partial charge is 0.496 e. The molecule has 0 bridgehead atoms. The van der Waals surface area contributed by atoms with Gasteiger partial charge >= 0.3 is 0 Å². The topological polar surface area (TPSA) is 136 Å². The molecule has 0 spiro atoms. The van der Waals surface area contributed by atoms with Crippen LogP contribution in [0.3, 0.4) is 0 Å². The number of hydrogen-bond acceptors (Lipinski definition) is 5. The van der Waals surface area contributed by atoms with Crippen molar-refractivity contribution < 1.29 is 19.1 Å². The molecule has 4 rings (SSSR count). The van der Waals surface area contributed by atoms with Crippen LogP contribution >= 0.6 is 0 Å². The molecule has 3 amide bonds. The van der Waals surface area contributed by atoms with E-state index in [2.05, 4.69) is 27.0 Å². The number of H-pyrrole nitrogens is 1. The summed E-state index contributed by atoms with van der Waals surface area (Å²) in [5.41, 5.74) is 0.765. The quantitative estimate of drug-likeness (QED) is 0.451. The Labute approximate surface area is 198 Å². The second kappa shape index (κ2) is 9.37. The van der Waals surface area contributed by atoms with Crippen LogP contribution in [0.25, 0.3) is 10.9 Å². The zero-order chi connectivity index (χ0) is 24.5. The van der Waals surface area contributed by atoms with Gasteiger partial charge in [0.2, 0.25) is 11.8 Å². The maximum absolute atomic E-state index is 13.1. The van der Waals surface area contributed by atoms with Crippen LogP contribution in [-0.2, 0) is 9.59 Å². The molecule has 1 unspecified atom stereocenters. The van der Waals surface area contributed by atoms with Crippen molar-refractivity contribution in [3.63, 3.8) is 0 Å². The Morgan fingerprint density at radius 1 is 1.26 bits per heavy atom. The van der Waals surface area contributed by atoms with Gasteiger partial charge < -0.3 is 25.7 Å². The minimum atomic E-state index is -0.812. The monoisotopic (exact) mass is 465 g/mol. The maximum atomic E-state index is 13.1. The lowest BCUT2D eigenvalue weighted by Gasteiger charge is -2.21. The van der Waals surface area contributed by atoms with E-state index >= 15 is 0 Å². The van der Waals surface area contributed by atoms with Gasteiger partial charge in [-0.1, -0.05) is 18.9 Å². The third-order valence-corrected chi connectivity index (χ3v) is 6.56. The number of nitriles is 1. The normalized spacial score (nSPS) is 20.8. The van der Waals surface area contributed by atoms with Crippen molar-refractivity contribution in [2.24, 2.45) is 11.8 Å². The fourth-order valence-electron chi connectivity index (χ4n) is 4.67. The highest BCUT2D eigenvalue weighted by Crippen LogP contribution is 2.34. The molecule has 1 saturated heterocycles. The summed E-state index contributed by atoms with van der Waals surface area (Å²) in [6, 6.07) is 7.72. The third-order valence-electron chi connectivity index (χ3n) is 6.56. The van der Waals surface area contributed by atoms with E-state index in [-0.39, 0.29) is 23.8 Å². The highest BCUT2D eigenvalue weighted by molar-refractivity contribution is 6.01. The number of methoxy groups -OCH3 is 1. The number of nitrogens with one attached hydrogen (secondary N) is 4. The predicted octanol–water partition coefficient (Wildman–Crippen LogP) is 2.39. The zero-order valence-electron chi connectivity index (χ0n) is 19.7. The Balaban J connectivity index is 1.44. The zero-order valence-corrected chi connectivity index (χ0v) is 19.7. The van der Waals surface area contributed by atoms with Gasteiger partial charge in [0.15, 0.2) is 0 Å². The van der Waals surface area contributed by atoms with E-state index < -0.39 is 23.9 Å². The molecular weight excluding hydrogens is 434 g/mol. The third kappa shape index (κ3) is 5.33. The molecule has 0 radical (unpaired) electrons. The van der Waals surface area contributed by atoms with E-state index in [0.29, 0.717) is 30.2 Å². The van der Waals surface area contributed by atoms with Gasteiger partial charge in [0.25, 0.3) is 5.91 Å². The fourth-order valence-corrected chi connectivity index (χ4v) is 4.67. The van der Waals surface area contributed by atoms with Crippen LogP contribution in [0.1, 0.15) is 56.4 Å². The van der Waals surface area contributed by atoms with Crippen molar-refractivity contribution in [2.45, 2.75) is 63.6 Å². The molecule has 1 aliphatic heterocycles. The molecular formula is C25H31N5O4. The van der Waals surface area contributed by atoms with Crippen molar-refractivity contribution in [2.75, 3.05) is 7.11 Å².